The predicted molar refractivity (Wildman–Crippen MR) is 98.2 cm³/mol. The van der Waals surface area contributed by atoms with Crippen molar-refractivity contribution in [3.8, 4) is 5.88 Å². The van der Waals surface area contributed by atoms with E-state index >= 15 is 0 Å². The number of ether oxygens (including phenoxy) is 1. The third-order valence-electron chi connectivity index (χ3n) is 4.62. The second-order valence-corrected chi connectivity index (χ2v) is 6.36. The zero-order valence-corrected chi connectivity index (χ0v) is 14.7. The van der Waals surface area contributed by atoms with Gasteiger partial charge in [-0.25, -0.2) is 0 Å². The van der Waals surface area contributed by atoms with Gasteiger partial charge in [-0.05, 0) is 18.2 Å². The van der Waals surface area contributed by atoms with E-state index < -0.39 is 5.91 Å². The van der Waals surface area contributed by atoms with Crippen molar-refractivity contribution in [2.75, 3.05) is 26.3 Å². The summed E-state index contributed by atoms with van der Waals surface area (Å²) in [5.41, 5.74) is 1.36. The zero-order valence-electron chi connectivity index (χ0n) is 14.7. The Hall–Kier alpha value is -3.10. The number of hydrogen-bond donors (Lipinski definition) is 2. The molecule has 0 bridgehead atoms. The van der Waals surface area contributed by atoms with E-state index in [0.29, 0.717) is 25.6 Å². The molecule has 0 unspecified atom stereocenters. The van der Waals surface area contributed by atoms with Crippen LogP contribution in [-0.2, 0) is 11.4 Å². The summed E-state index contributed by atoms with van der Waals surface area (Å²) in [7, 11) is 0. The van der Waals surface area contributed by atoms with Crippen LogP contribution in [0.2, 0.25) is 0 Å². The molecule has 27 heavy (non-hydrogen) atoms. The van der Waals surface area contributed by atoms with Crippen LogP contribution in [0.5, 0.6) is 5.88 Å². The minimum Gasteiger partial charge on any atom is -0.493 e. The molecule has 0 spiro atoms. The highest BCUT2D eigenvalue weighted by atomic mass is 16.5. The standard InChI is InChI=1S/C19H19N5O3/c25-18(15-6-3-4-8-20-15)22-21-17-14-5-1-2-7-16(14)24(19(17)26)13-23-9-11-27-12-10-23/h1-8,26H,9-13H2/p+1. The number of hydrogen-bond acceptors (Lipinski definition) is 5. The molecule has 3 heterocycles. The number of morpholine rings is 1. The fourth-order valence-corrected chi connectivity index (χ4v) is 3.21. The van der Waals surface area contributed by atoms with E-state index in [1.165, 1.54) is 11.1 Å². The van der Waals surface area contributed by atoms with Crippen LogP contribution in [0.4, 0.5) is 5.69 Å². The van der Waals surface area contributed by atoms with Crippen molar-refractivity contribution in [3.63, 3.8) is 0 Å². The number of amides is 1. The number of nitrogens with one attached hydrogen (secondary N) is 1. The number of aromatic hydroxyl groups is 1. The fourth-order valence-electron chi connectivity index (χ4n) is 3.21. The SMILES string of the molecule is O=C(N=Nc1c(O)n(C[NH+]2CCOCC2)c2ccccc12)c1ccccn1. The molecule has 4 rings (SSSR count). The molecule has 1 saturated heterocycles. The van der Waals surface area contributed by atoms with Crippen LogP contribution < -0.4 is 4.90 Å². The monoisotopic (exact) mass is 366 g/mol. The number of fused-ring (bicyclic) bond motifs is 1. The lowest BCUT2D eigenvalue weighted by atomic mass is 10.2. The quantitative estimate of drug-likeness (QED) is 0.685. The van der Waals surface area contributed by atoms with Crippen LogP contribution in [0.25, 0.3) is 10.9 Å². The summed E-state index contributed by atoms with van der Waals surface area (Å²) in [5.74, 6) is -0.543. The molecule has 1 fully saturated rings. The van der Waals surface area contributed by atoms with Crippen molar-refractivity contribution in [1.82, 2.24) is 9.55 Å². The first-order valence-electron chi connectivity index (χ1n) is 8.82. The Balaban J connectivity index is 1.67. The Morgan fingerprint density at radius 2 is 1.96 bits per heavy atom. The predicted octanol–water partition coefficient (Wildman–Crippen LogP) is 1.54. The highest BCUT2D eigenvalue weighted by molar-refractivity contribution is 5.96. The Morgan fingerprint density at radius 1 is 1.19 bits per heavy atom. The summed E-state index contributed by atoms with van der Waals surface area (Å²) >= 11 is 0. The molecule has 0 saturated carbocycles. The summed E-state index contributed by atoms with van der Waals surface area (Å²) in [6.45, 7) is 3.77. The Kier molecular flexibility index (Phi) is 4.91. The Morgan fingerprint density at radius 3 is 2.74 bits per heavy atom. The molecule has 1 aromatic carbocycles. The van der Waals surface area contributed by atoms with Gasteiger partial charge < -0.3 is 14.7 Å². The lowest BCUT2D eigenvalue weighted by Crippen LogP contribution is -3.13. The molecule has 2 aromatic heterocycles. The van der Waals surface area contributed by atoms with E-state index in [1.54, 1.807) is 18.2 Å². The van der Waals surface area contributed by atoms with Gasteiger partial charge in [-0.2, -0.15) is 0 Å². The third kappa shape index (κ3) is 3.57. The number of quaternary nitrogens is 1. The molecule has 0 atom stereocenters. The second kappa shape index (κ2) is 7.65. The van der Waals surface area contributed by atoms with Gasteiger partial charge in [0.2, 0.25) is 5.88 Å². The van der Waals surface area contributed by atoms with Crippen molar-refractivity contribution in [1.29, 1.82) is 0 Å². The molecule has 3 aromatic rings. The minimum absolute atomic E-state index is 0.00719. The van der Waals surface area contributed by atoms with Crippen LogP contribution in [0.1, 0.15) is 10.5 Å². The number of nitrogens with zero attached hydrogens (tertiary/aromatic N) is 4. The normalized spacial score (nSPS) is 15.6. The highest BCUT2D eigenvalue weighted by Gasteiger charge is 2.21. The molecule has 0 aliphatic carbocycles. The first kappa shape index (κ1) is 17.3. The van der Waals surface area contributed by atoms with Gasteiger partial charge in [0.25, 0.3) is 0 Å². The molecule has 2 N–H and O–H groups in total. The van der Waals surface area contributed by atoms with Crippen molar-refractivity contribution < 1.29 is 19.5 Å². The zero-order chi connectivity index (χ0) is 18.6. The first-order valence-corrected chi connectivity index (χ1v) is 8.82. The summed E-state index contributed by atoms with van der Waals surface area (Å²) in [5, 5.41) is 19.3. The van der Waals surface area contributed by atoms with Crippen molar-refractivity contribution in [3.05, 3.63) is 54.4 Å². The highest BCUT2D eigenvalue weighted by Crippen LogP contribution is 2.38. The van der Waals surface area contributed by atoms with E-state index in [0.717, 1.165) is 24.0 Å². The molecule has 8 heteroatoms. The molecule has 0 radical (unpaired) electrons. The van der Waals surface area contributed by atoms with Gasteiger partial charge >= 0.3 is 5.91 Å². The topological polar surface area (TPSA) is 93.5 Å². The van der Waals surface area contributed by atoms with Gasteiger partial charge in [-0.1, -0.05) is 24.3 Å². The summed E-state index contributed by atoms with van der Waals surface area (Å²) in [6, 6.07) is 12.6. The average molecular weight is 366 g/mol. The van der Waals surface area contributed by atoms with Crippen LogP contribution >= 0.6 is 0 Å². The molecule has 8 nitrogen and oxygen atoms in total. The van der Waals surface area contributed by atoms with E-state index in [4.69, 9.17) is 4.74 Å². The number of azo groups is 1. The minimum atomic E-state index is -0.550. The van der Waals surface area contributed by atoms with Crippen LogP contribution in [0, 0.1) is 0 Å². The van der Waals surface area contributed by atoms with Crippen LogP contribution in [0.3, 0.4) is 0 Å². The van der Waals surface area contributed by atoms with Crippen LogP contribution in [-0.4, -0.2) is 46.9 Å². The first-order chi connectivity index (χ1) is 13.2. The maximum absolute atomic E-state index is 12.2. The van der Waals surface area contributed by atoms with Crippen molar-refractivity contribution in [2.45, 2.75) is 6.67 Å². The number of pyridine rings is 1. The maximum Gasteiger partial charge on any atom is 0.313 e. The molecule has 1 aliphatic rings. The van der Waals surface area contributed by atoms with E-state index in [2.05, 4.69) is 15.2 Å². The van der Waals surface area contributed by atoms with E-state index in [-0.39, 0.29) is 11.6 Å². The summed E-state index contributed by atoms with van der Waals surface area (Å²) < 4.78 is 7.21. The van der Waals surface area contributed by atoms with Crippen LogP contribution in [0.15, 0.2) is 58.9 Å². The smallest absolute Gasteiger partial charge is 0.313 e. The molecule has 138 valence electrons. The number of carbonyl (C=O) groups is 1. The molecular formula is C19H20N5O3+. The Bertz CT molecular complexity index is 978. The van der Waals surface area contributed by atoms with Gasteiger partial charge in [0, 0.05) is 11.6 Å². The van der Waals surface area contributed by atoms with Gasteiger partial charge in [-0.3, -0.25) is 14.3 Å². The summed E-state index contributed by atoms with van der Waals surface area (Å²) in [6.07, 6.45) is 1.53. The second-order valence-electron chi connectivity index (χ2n) is 6.36. The van der Waals surface area contributed by atoms with Crippen molar-refractivity contribution in [2.24, 2.45) is 10.2 Å². The summed E-state index contributed by atoms with van der Waals surface area (Å²) in [4.78, 5) is 17.4. The van der Waals surface area contributed by atoms with E-state index in [9.17, 15) is 9.90 Å². The van der Waals surface area contributed by atoms with Gasteiger partial charge in [0.1, 0.15) is 18.8 Å². The lowest BCUT2D eigenvalue weighted by Gasteiger charge is -2.24. The third-order valence-corrected chi connectivity index (χ3v) is 4.62. The largest absolute Gasteiger partial charge is 0.493 e. The van der Waals surface area contributed by atoms with Crippen molar-refractivity contribution >= 4 is 22.5 Å². The van der Waals surface area contributed by atoms with Gasteiger partial charge in [0.15, 0.2) is 12.4 Å². The van der Waals surface area contributed by atoms with Gasteiger partial charge in [-0.15, -0.1) is 10.2 Å². The lowest BCUT2D eigenvalue weighted by molar-refractivity contribution is -0.930. The van der Waals surface area contributed by atoms with Gasteiger partial charge in [0.05, 0.1) is 18.7 Å². The number of carbonyl (C=O) groups excluding carboxylic acids is 1. The Labute approximate surface area is 155 Å². The van der Waals surface area contributed by atoms with E-state index in [1.807, 2.05) is 28.8 Å². The number of aromatic nitrogens is 2. The fraction of sp³-hybridized carbons (Fsp3) is 0.263. The molecular weight excluding hydrogens is 346 g/mol. The molecule has 1 aliphatic heterocycles. The number of para-hydroxylation sites is 1. The molecule has 1 amide bonds. The number of benzene rings is 1. The number of rotatable bonds is 4. The average Bonchev–Trinajstić information content (AvgIpc) is 2.99. The maximum atomic E-state index is 12.2.